The summed E-state index contributed by atoms with van der Waals surface area (Å²) in [6.07, 6.45) is 2.86. The number of hydrogen-bond donors (Lipinski definition) is 1. The Bertz CT molecular complexity index is 2990. The van der Waals surface area contributed by atoms with Crippen LogP contribution in [-0.4, -0.2) is 10.3 Å². The van der Waals surface area contributed by atoms with Gasteiger partial charge >= 0.3 is 0 Å². The lowest BCUT2D eigenvalue weighted by atomic mass is 9.75. The highest BCUT2D eigenvalue weighted by molar-refractivity contribution is 6.13. The normalized spacial score (nSPS) is 16.0. The van der Waals surface area contributed by atoms with Gasteiger partial charge in [-0.15, -0.1) is 0 Å². The molecule has 2 unspecified atom stereocenters. The third kappa shape index (κ3) is 5.87. The number of aliphatic imine (C=N–C) groups is 1. The average Bonchev–Trinajstić information content (AvgIpc) is 3.63. The zero-order valence-electron chi connectivity index (χ0n) is 31.4. The van der Waals surface area contributed by atoms with E-state index in [1.165, 1.54) is 60.8 Å². The number of rotatable bonds is 6. The second-order valence-corrected chi connectivity index (χ2v) is 15.1. The van der Waals surface area contributed by atoms with E-state index in [2.05, 4.69) is 216 Å². The van der Waals surface area contributed by atoms with Crippen molar-refractivity contribution in [2.24, 2.45) is 4.99 Å². The third-order valence-corrected chi connectivity index (χ3v) is 11.8. The van der Waals surface area contributed by atoms with Gasteiger partial charge in [0.05, 0.1) is 16.7 Å². The lowest BCUT2D eigenvalue weighted by Gasteiger charge is -2.29. The van der Waals surface area contributed by atoms with Crippen LogP contribution in [0.15, 0.2) is 211 Å². The van der Waals surface area contributed by atoms with Gasteiger partial charge in [-0.2, -0.15) is 0 Å². The first kappa shape index (κ1) is 33.1. The number of hydrogen-bond acceptors (Lipinski definition) is 2. The van der Waals surface area contributed by atoms with Crippen molar-refractivity contribution >= 4 is 33.2 Å². The maximum absolute atomic E-state index is 5.34. The first-order valence-electron chi connectivity index (χ1n) is 19.8. The van der Waals surface area contributed by atoms with Crippen LogP contribution in [0.5, 0.6) is 0 Å². The van der Waals surface area contributed by atoms with Gasteiger partial charge in [0.2, 0.25) is 6.29 Å². The predicted molar refractivity (Wildman–Crippen MR) is 237 cm³/mol. The summed E-state index contributed by atoms with van der Waals surface area (Å²) in [5.74, 6) is 0.349. The van der Waals surface area contributed by atoms with Gasteiger partial charge in [-0.05, 0) is 98.0 Å². The molecule has 0 bridgehead atoms. The van der Waals surface area contributed by atoms with E-state index in [1.54, 1.807) is 0 Å². The highest BCUT2D eigenvalue weighted by Crippen LogP contribution is 2.44. The van der Waals surface area contributed by atoms with E-state index in [9.17, 15) is 0 Å². The summed E-state index contributed by atoms with van der Waals surface area (Å²) in [7, 11) is 0. The van der Waals surface area contributed by atoms with Gasteiger partial charge in [0.25, 0.3) is 0 Å². The summed E-state index contributed by atoms with van der Waals surface area (Å²) in [4.78, 5) is 5.34. The molecule has 8 aromatic carbocycles. The molecule has 0 fully saturated rings. The van der Waals surface area contributed by atoms with Crippen LogP contribution < -0.4 is 5.32 Å². The second-order valence-electron chi connectivity index (χ2n) is 15.1. The summed E-state index contributed by atoms with van der Waals surface area (Å²) in [6.45, 7) is 0. The molecule has 1 aliphatic heterocycles. The van der Waals surface area contributed by atoms with Gasteiger partial charge in [0.1, 0.15) is 0 Å². The second kappa shape index (κ2) is 13.8. The number of fused-ring (bicyclic) bond motifs is 6. The maximum Gasteiger partial charge on any atom is 0.201 e. The zero-order chi connectivity index (χ0) is 37.7. The SMILES string of the molecule is C1=C(c2ccccc2)NC(n2c3ccccc3c3cc(-c4ccc(-c5ccc6c(c5)-c5ccccc5CC6c5ccccc5)cc4)ccc32)N=C1c1ccccc1. The molecular weight excluding hydrogens is 691 g/mol. The van der Waals surface area contributed by atoms with Crippen LogP contribution in [0.25, 0.3) is 60.9 Å². The van der Waals surface area contributed by atoms with E-state index in [4.69, 9.17) is 4.99 Å². The van der Waals surface area contributed by atoms with Crippen molar-refractivity contribution < 1.29 is 0 Å². The van der Waals surface area contributed by atoms with Crippen LogP contribution >= 0.6 is 0 Å². The lowest BCUT2D eigenvalue weighted by molar-refractivity contribution is 0.508. The molecule has 2 atom stereocenters. The predicted octanol–water partition coefficient (Wildman–Crippen LogP) is 13.1. The van der Waals surface area contributed by atoms with Crippen LogP contribution in [-0.2, 0) is 6.42 Å². The third-order valence-electron chi connectivity index (χ3n) is 11.8. The van der Waals surface area contributed by atoms with Crippen LogP contribution in [0.1, 0.15) is 40.0 Å². The number of aromatic nitrogens is 1. The molecule has 0 radical (unpaired) electrons. The van der Waals surface area contributed by atoms with E-state index in [0.29, 0.717) is 5.92 Å². The largest absolute Gasteiger partial charge is 0.346 e. The van der Waals surface area contributed by atoms with Gasteiger partial charge in [0, 0.05) is 22.4 Å². The van der Waals surface area contributed by atoms with Crippen molar-refractivity contribution in [1.29, 1.82) is 0 Å². The fourth-order valence-electron chi connectivity index (χ4n) is 9.04. The highest BCUT2D eigenvalue weighted by atomic mass is 15.3. The molecule has 270 valence electrons. The molecule has 57 heavy (non-hydrogen) atoms. The van der Waals surface area contributed by atoms with Crippen LogP contribution in [0.4, 0.5) is 0 Å². The fourth-order valence-corrected chi connectivity index (χ4v) is 9.04. The summed E-state index contributed by atoms with van der Waals surface area (Å²) < 4.78 is 2.35. The molecular formula is C54H39N3. The van der Waals surface area contributed by atoms with Crippen LogP contribution in [0, 0.1) is 0 Å². The van der Waals surface area contributed by atoms with Crippen molar-refractivity contribution in [3.63, 3.8) is 0 Å². The average molecular weight is 730 g/mol. The van der Waals surface area contributed by atoms with E-state index in [0.717, 1.165) is 40.0 Å². The minimum atomic E-state index is -0.334. The summed E-state index contributed by atoms with van der Waals surface area (Å²) in [6, 6.07) is 72.6. The van der Waals surface area contributed by atoms with Crippen molar-refractivity contribution in [2.75, 3.05) is 0 Å². The van der Waals surface area contributed by atoms with Gasteiger partial charge < -0.3 is 9.88 Å². The Morgan fingerprint density at radius 3 is 1.82 bits per heavy atom. The Hall–Kier alpha value is -7.23. The topological polar surface area (TPSA) is 29.3 Å². The number of para-hydroxylation sites is 1. The summed E-state index contributed by atoms with van der Waals surface area (Å²) >= 11 is 0. The van der Waals surface area contributed by atoms with E-state index in [1.807, 2.05) is 0 Å². The first-order chi connectivity index (χ1) is 28.2. The molecule has 2 aliphatic rings. The van der Waals surface area contributed by atoms with Crippen molar-refractivity contribution in [2.45, 2.75) is 18.6 Å². The maximum atomic E-state index is 5.34. The zero-order valence-corrected chi connectivity index (χ0v) is 31.4. The van der Waals surface area contributed by atoms with Gasteiger partial charge in [-0.1, -0.05) is 176 Å². The monoisotopic (exact) mass is 729 g/mol. The standard InChI is InChI=1S/C54H39N3/c1-4-14-38(15-5-1)47-34-43-20-10-11-21-44(43)48-32-41(28-30-45(47)48)36-24-26-37(27-25-36)42-29-31-53-49(33-42)46-22-12-13-23-52(46)57(53)54-55-50(39-16-6-2-7-17-39)35-51(56-54)40-18-8-3-9-19-40/h1-33,35,47,54-55H,34H2. The lowest BCUT2D eigenvalue weighted by Crippen LogP contribution is -2.29. The van der Waals surface area contributed by atoms with Crippen LogP contribution in [0.2, 0.25) is 0 Å². The minimum absolute atomic E-state index is 0.334. The summed E-state index contributed by atoms with van der Waals surface area (Å²) in [5, 5.41) is 6.22. The number of benzene rings is 8. The molecule has 0 saturated heterocycles. The molecule has 9 aromatic rings. The van der Waals surface area contributed by atoms with Crippen molar-refractivity contribution in [1.82, 2.24) is 9.88 Å². The van der Waals surface area contributed by atoms with Crippen molar-refractivity contribution in [3.05, 3.63) is 234 Å². The Morgan fingerprint density at radius 1 is 0.456 bits per heavy atom. The number of nitrogens with one attached hydrogen (secondary N) is 1. The molecule has 2 heterocycles. The first-order valence-corrected chi connectivity index (χ1v) is 19.8. The van der Waals surface area contributed by atoms with Gasteiger partial charge in [0.15, 0.2) is 0 Å². The molecule has 3 heteroatoms. The Labute approximate surface area is 332 Å². The fraction of sp³-hybridized carbons (Fsp3) is 0.0556. The molecule has 0 saturated carbocycles. The summed E-state index contributed by atoms with van der Waals surface area (Å²) in [5.41, 5.74) is 18.3. The molecule has 3 nitrogen and oxygen atoms in total. The Balaban J connectivity index is 0.959. The van der Waals surface area contributed by atoms with Gasteiger partial charge in [-0.25, -0.2) is 4.99 Å². The van der Waals surface area contributed by atoms with Gasteiger partial charge in [-0.3, -0.25) is 0 Å². The minimum Gasteiger partial charge on any atom is -0.346 e. The molecule has 1 N–H and O–H groups in total. The molecule has 0 amide bonds. The highest BCUT2D eigenvalue weighted by Gasteiger charge is 2.27. The number of nitrogens with zero attached hydrogens (tertiary/aromatic N) is 2. The van der Waals surface area contributed by atoms with Crippen molar-refractivity contribution in [3.8, 4) is 33.4 Å². The molecule has 1 aliphatic carbocycles. The van der Waals surface area contributed by atoms with Crippen LogP contribution in [0.3, 0.4) is 0 Å². The Kier molecular flexibility index (Phi) is 8.03. The molecule has 11 rings (SSSR count). The quantitative estimate of drug-likeness (QED) is 0.181. The smallest absolute Gasteiger partial charge is 0.201 e. The Morgan fingerprint density at radius 2 is 1.05 bits per heavy atom. The van der Waals surface area contributed by atoms with E-state index in [-0.39, 0.29) is 6.29 Å². The molecule has 0 spiro atoms. The van der Waals surface area contributed by atoms with E-state index < -0.39 is 0 Å². The van der Waals surface area contributed by atoms with E-state index >= 15 is 0 Å². The molecule has 1 aromatic heterocycles. The number of allylic oxidation sites excluding steroid dienone is 1.